The van der Waals surface area contributed by atoms with Crippen molar-refractivity contribution in [2.24, 2.45) is 11.8 Å². The molecule has 2 N–H and O–H groups in total. The van der Waals surface area contributed by atoms with Crippen molar-refractivity contribution in [1.82, 2.24) is 9.88 Å². The molecule has 2 amide bonds. The van der Waals surface area contributed by atoms with Crippen molar-refractivity contribution < 1.29 is 32.3 Å². The molecule has 2 aromatic rings. The zero-order chi connectivity index (χ0) is 19.1. The maximum Gasteiger partial charge on any atom is 0.394 e. The van der Waals surface area contributed by atoms with Crippen LogP contribution in [0.1, 0.15) is 12.8 Å². The van der Waals surface area contributed by atoms with E-state index < -0.39 is 43.1 Å². The molecule has 1 saturated heterocycles. The Balaban J connectivity index is 1.74. The summed E-state index contributed by atoms with van der Waals surface area (Å²) < 4.78 is 44.5. The molecule has 1 aromatic heterocycles. The minimum Gasteiger partial charge on any atom is -0.481 e. The first-order valence-corrected chi connectivity index (χ1v) is 7.94. The van der Waals surface area contributed by atoms with E-state index in [2.05, 4.69) is 10.3 Å². The Labute approximate surface area is 145 Å². The van der Waals surface area contributed by atoms with E-state index in [4.69, 9.17) is 9.52 Å². The van der Waals surface area contributed by atoms with E-state index in [0.717, 1.165) is 4.90 Å². The van der Waals surface area contributed by atoms with Gasteiger partial charge in [-0.25, -0.2) is 9.78 Å². The molecule has 1 aliphatic heterocycles. The highest BCUT2D eigenvalue weighted by Gasteiger charge is 2.53. The number of carbonyl (C=O) groups is 2. The lowest BCUT2D eigenvalue weighted by Crippen LogP contribution is -2.35. The molecule has 2 heterocycles. The Morgan fingerprint density at radius 1 is 1.38 bits per heavy atom. The van der Waals surface area contributed by atoms with Crippen molar-refractivity contribution >= 4 is 28.8 Å². The number of carboxylic acids is 1. The van der Waals surface area contributed by atoms with Crippen LogP contribution in [0.3, 0.4) is 0 Å². The van der Waals surface area contributed by atoms with Crippen LogP contribution in [0.4, 0.5) is 23.7 Å². The predicted molar refractivity (Wildman–Crippen MR) is 84.6 cm³/mol. The summed E-state index contributed by atoms with van der Waals surface area (Å²) >= 11 is 0. The van der Waals surface area contributed by atoms with Crippen LogP contribution in [0, 0.1) is 11.8 Å². The average molecular weight is 371 g/mol. The minimum atomic E-state index is -4.69. The summed E-state index contributed by atoms with van der Waals surface area (Å²) in [5.74, 6) is -4.80. The zero-order valence-electron chi connectivity index (χ0n) is 13.7. The van der Waals surface area contributed by atoms with Gasteiger partial charge in [0.15, 0.2) is 11.5 Å². The van der Waals surface area contributed by atoms with Crippen molar-refractivity contribution in [2.75, 3.05) is 18.4 Å². The predicted octanol–water partition coefficient (Wildman–Crippen LogP) is 3.12. The number of fused-ring (bicyclic) bond motifs is 1. The third-order valence-corrected chi connectivity index (χ3v) is 4.33. The molecular weight excluding hydrogens is 355 g/mol. The third-order valence-electron chi connectivity index (χ3n) is 4.33. The number of alkyl halides is 3. The monoisotopic (exact) mass is 371 g/mol. The molecule has 1 aromatic carbocycles. The molecule has 1 aliphatic rings. The number of carboxylic acid groups (broad SMARTS) is 1. The largest absolute Gasteiger partial charge is 0.481 e. The number of likely N-dealkylation sites (tertiary alicyclic amines) is 1. The van der Waals surface area contributed by atoms with Crippen LogP contribution in [0.2, 0.25) is 0 Å². The van der Waals surface area contributed by atoms with Gasteiger partial charge in [0.2, 0.25) is 0 Å². The number of benzene rings is 1. The maximum atomic E-state index is 13.0. The van der Waals surface area contributed by atoms with Crippen LogP contribution in [-0.4, -0.2) is 46.3 Å². The van der Waals surface area contributed by atoms with E-state index in [9.17, 15) is 22.8 Å². The molecule has 10 heteroatoms. The summed E-state index contributed by atoms with van der Waals surface area (Å²) in [7, 11) is 0. The molecule has 1 fully saturated rings. The molecule has 0 aliphatic carbocycles. The second-order valence-corrected chi connectivity index (χ2v) is 6.07. The number of aromatic nitrogens is 1. The zero-order valence-corrected chi connectivity index (χ0v) is 13.7. The SMILES string of the molecule is CCc1nc2cc(NC(=O)N3C[C@@H](C(F)(F)F)[C@H](C(=O)O)C3)ccc2o1. The number of anilines is 1. The number of carbonyl (C=O) groups excluding carboxylic acids is 1. The van der Waals surface area contributed by atoms with Gasteiger partial charge in [-0.05, 0) is 18.2 Å². The molecule has 0 spiro atoms. The van der Waals surface area contributed by atoms with Crippen molar-refractivity contribution in [3.8, 4) is 0 Å². The second kappa shape index (κ2) is 6.50. The number of aliphatic carboxylic acids is 1. The summed E-state index contributed by atoms with van der Waals surface area (Å²) in [5, 5.41) is 11.5. The molecule has 140 valence electrons. The molecule has 3 rings (SSSR count). The third kappa shape index (κ3) is 3.44. The molecule has 0 bridgehead atoms. The molecule has 2 atom stereocenters. The number of oxazole rings is 1. The fourth-order valence-electron chi connectivity index (χ4n) is 2.96. The number of urea groups is 1. The molecule has 7 nitrogen and oxygen atoms in total. The lowest BCUT2D eigenvalue weighted by atomic mass is 9.96. The second-order valence-electron chi connectivity index (χ2n) is 6.07. The van der Waals surface area contributed by atoms with Crippen molar-refractivity contribution in [3.63, 3.8) is 0 Å². The Hall–Kier alpha value is -2.78. The normalized spacial score (nSPS) is 20.5. The van der Waals surface area contributed by atoms with Gasteiger partial charge in [-0.2, -0.15) is 13.2 Å². The van der Waals surface area contributed by atoms with Gasteiger partial charge < -0.3 is 19.7 Å². The fourth-order valence-corrected chi connectivity index (χ4v) is 2.96. The topological polar surface area (TPSA) is 95.7 Å². The maximum absolute atomic E-state index is 13.0. The molecule has 0 saturated carbocycles. The van der Waals surface area contributed by atoms with Crippen molar-refractivity contribution in [3.05, 3.63) is 24.1 Å². The number of amides is 2. The average Bonchev–Trinajstić information content (AvgIpc) is 3.18. The molecule has 0 unspecified atom stereocenters. The standard InChI is InChI=1S/C16H16F3N3O4/c1-2-13-21-11-5-8(3-4-12(11)26-13)20-15(25)22-6-9(14(23)24)10(7-22)16(17,18)19/h3-5,9-10H,2,6-7H2,1H3,(H,20,25)(H,23,24)/t9-,10-/m1/s1. The number of hydrogen-bond acceptors (Lipinski definition) is 4. The van der Waals surface area contributed by atoms with E-state index in [1.54, 1.807) is 12.1 Å². The van der Waals surface area contributed by atoms with Crippen LogP contribution < -0.4 is 5.32 Å². The fraction of sp³-hybridized carbons (Fsp3) is 0.438. The lowest BCUT2D eigenvalue weighted by molar-refractivity contribution is -0.187. The van der Waals surface area contributed by atoms with Crippen LogP contribution in [0.15, 0.2) is 22.6 Å². The van der Waals surface area contributed by atoms with Crippen molar-refractivity contribution in [1.29, 1.82) is 0 Å². The molecule has 0 radical (unpaired) electrons. The van der Waals surface area contributed by atoms with E-state index in [1.807, 2.05) is 6.92 Å². The van der Waals surface area contributed by atoms with Crippen LogP contribution in [0.25, 0.3) is 11.1 Å². The quantitative estimate of drug-likeness (QED) is 0.864. The first kappa shape index (κ1) is 18.0. The van der Waals surface area contributed by atoms with Crippen LogP contribution in [0.5, 0.6) is 0 Å². The van der Waals surface area contributed by atoms with E-state index in [0.29, 0.717) is 29.1 Å². The summed E-state index contributed by atoms with van der Waals surface area (Å²) in [6.45, 7) is 0.673. The van der Waals surface area contributed by atoms with Gasteiger partial charge in [-0.3, -0.25) is 4.79 Å². The number of halogens is 3. The van der Waals surface area contributed by atoms with Gasteiger partial charge in [0.05, 0.1) is 11.8 Å². The number of aryl methyl sites for hydroxylation is 1. The van der Waals surface area contributed by atoms with Crippen LogP contribution >= 0.6 is 0 Å². The number of nitrogens with zero attached hydrogens (tertiary/aromatic N) is 2. The Morgan fingerprint density at radius 3 is 2.69 bits per heavy atom. The van der Waals surface area contributed by atoms with Crippen LogP contribution in [-0.2, 0) is 11.2 Å². The van der Waals surface area contributed by atoms with Gasteiger partial charge in [-0.15, -0.1) is 0 Å². The molecular formula is C16H16F3N3O4. The summed E-state index contributed by atoms with van der Waals surface area (Å²) in [4.78, 5) is 28.4. The van der Waals surface area contributed by atoms with E-state index in [1.165, 1.54) is 6.07 Å². The number of rotatable bonds is 3. The van der Waals surface area contributed by atoms with Gasteiger partial charge in [0.25, 0.3) is 0 Å². The first-order valence-electron chi connectivity index (χ1n) is 7.94. The van der Waals surface area contributed by atoms with Gasteiger partial charge in [0, 0.05) is 25.2 Å². The summed E-state index contributed by atoms with van der Waals surface area (Å²) in [6.07, 6.45) is -4.09. The highest BCUT2D eigenvalue weighted by molar-refractivity contribution is 5.92. The summed E-state index contributed by atoms with van der Waals surface area (Å²) in [6, 6.07) is 3.89. The highest BCUT2D eigenvalue weighted by Crippen LogP contribution is 2.38. The van der Waals surface area contributed by atoms with Gasteiger partial charge in [0.1, 0.15) is 5.52 Å². The smallest absolute Gasteiger partial charge is 0.394 e. The van der Waals surface area contributed by atoms with Gasteiger partial charge >= 0.3 is 18.2 Å². The van der Waals surface area contributed by atoms with E-state index >= 15 is 0 Å². The minimum absolute atomic E-state index is 0.334. The van der Waals surface area contributed by atoms with E-state index in [-0.39, 0.29) is 0 Å². The number of hydrogen-bond donors (Lipinski definition) is 2. The Bertz CT molecular complexity index is 849. The first-order chi connectivity index (χ1) is 12.2. The lowest BCUT2D eigenvalue weighted by Gasteiger charge is -2.18. The van der Waals surface area contributed by atoms with Gasteiger partial charge in [-0.1, -0.05) is 6.92 Å². The Morgan fingerprint density at radius 2 is 2.12 bits per heavy atom. The van der Waals surface area contributed by atoms with Crippen molar-refractivity contribution in [2.45, 2.75) is 19.5 Å². The summed E-state index contributed by atoms with van der Waals surface area (Å²) in [5.41, 5.74) is 1.38. The Kier molecular flexibility index (Phi) is 4.51. The highest BCUT2D eigenvalue weighted by atomic mass is 19.4. The molecule has 26 heavy (non-hydrogen) atoms. The number of nitrogens with one attached hydrogen (secondary N) is 1.